The van der Waals surface area contributed by atoms with Crippen molar-refractivity contribution in [3.05, 3.63) is 0 Å². The van der Waals surface area contributed by atoms with Crippen LogP contribution in [0, 0.1) is 5.41 Å². The first-order valence-electron chi connectivity index (χ1n) is 10.8. The van der Waals surface area contributed by atoms with Gasteiger partial charge in [-0.15, -0.1) is 0 Å². The molecule has 0 aromatic carbocycles. The third kappa shape index (κ3) is 11.9. The smallest absolute Gasteiger partial charge is 0.311 e. The van der Waals surface area contributed by atoms with Gasteiger partial charge in [0.2, 0.25) is 0 Å². The van der Waals surface area contributed by atoms with E-state index in [9.17, 15) is 4.79 Å². The molecule has 0 aliphatic carbocycles. The highest BCUT2D eigenvalue weighted by molar-refractivity contribution is 5.76. The van der Waals surface area contributed by atoms with Gasteiger partial charge in [0.05, 0.1) is 12.0 Å². The van der Waals surface area contributed by atoms with Crippen molar-refractivity contribution < 1.29 is 9.53 Å². The van der Waals surface area contributed by atoms with Crippen molar-refractivity contribution in [3.8, 4) is 0 Å². The van der Waals surface area contributed by atoms with E-state index in [-0.39, 0.29) is 11.4 Å². The maximum Gasteiger partial charge on any atom is 0.311 e. The van der Waals surface area contributed by atoms with Crippen molar-refractivity contribution in [2.75, 3.05) is 6.61 Å². The molecule has 0 radical (unpaired) electrons. The maximum atomic E-state index is 12.6. The summed E-state index contributed by atoms with van der Waals surface area (Å²) in [5.74, 6) is 0.0541. The zero-order chi connectivity index (χ0) is 18.1. The van der Waals surface area contributed by atoms with E-state index in [0.717, 1.165) is 38.5 Å². The lowest BCUT2D eigenvalue weighted by Gasteiger charge is -2.27. The van der Waals surface area contributed by atoms with Gasteiger partial charge in [-0.1, -0.05) is 97.8 Å². The van der Waals surface area contributed by atoms with E-state index in [1.54, 1.807) is 0 Å². The van der Waals surface area contributed by atoms with Crippen LogP contribution in [-0.4, -0.2) is 12.6 Å². The summed E-state index contributed by atoms with van der Waals surface area (Å²) < 4.78 is 5.65. The first kappa shape index (κ1) is 23.5. The van der Waals surface area contributed by atoms with E-state index < -0.39 is 0 Å². The van der Waals surface area contributed by atoms with Gasteiger partial charge in [-0.05, 0) is 26.2 Å². The zero-order valence-corrected chi connectivity index (χ0v) is 17.1. The molecule has 1 atom stereocenters. The molecule has 0 bridgehead atoms. The van der Waals surface area contributed by atoms with Crippen molar-refractivity contribution in [2.45, 2.75) is 124 Å². The lowest BCUT2D eigenvalue weighted by Crippen LogP contribution is -2.30. The Morgan fingerprint density at radius 1 is 0.667 bits per heavy atom. The molecule has 0 aliphatic heterocycles. The summed E-state index contributed by atoms with van der Waals surface area (Å²) in [6, 6.07) is 0. The van der Waals surface area contributed by atoms with Gasteiger partial charge in [-0.2, -0.15) is 0 Å². The fraction of sp³-hybridized carbons (Fsp3) is 0.955. The fourth-order valence-electron chi connectivity index (χ4n) is 3.24. The van der Waals surface area contributed by atoms with Gasteiger partial charge < -0.3 is 4.74 Å². The number of unbranched alkanes of at least 4 members (excludes halogenated alkanes) is 10. The molecule has 0 spiro atoms. The van der Waals surface area contributed by atoms with Gasteiger partial charge in [-0.3, -0.25) is 4.79 Å². The minimum absolute atomic E-state index is 0.0541. The number of rotatable bonds is 17. The maximum absolute atomic E-state index is 12.6. The topological polar surface area (TPSA) is 26.3 Å². The molecular weight excluding hydrogens is 296 g/mol. The minimum atomic E-state index is -0.259. The number of carbonyl (C=O) groups excluding carboxylic acids is 1. The Bertz CT molecular complexity index is 288. The van der Waals surface area contributed by atoms with E-state index >= 15 is 0 Å². The summed E-state index contributed by atoms with van der Waals surface area (Å²) in [6.07, 6.45) is 18.0. The molecule has 0 aromatic heterocycles. The van der Waals surface area contributed by atoms with Crippen molar-refractivity contribution >= 4 is 5.97 Å². The molecule has 0 rings (SSSR count). The van der Waals surface area contributed by atoms with Gasteiger partial charge >= 0.3 is 5.97 Å². The van der Waals surface area contributed by atoms with Gasteiger partial charge in [-0.25, -0.2) is 0 Å². The average Bonchev–Trinajstić information content (AvgIpc) is 2.59. The molecule has 0 N–H and O–H groups in total. The Hall–Kier alpha value is -0.530. The van der Waals surface area contributed by atoms with Crippen molar-refractivity contribution in [2.24, 2.45) is 5.41 Å². The van der Waals surface area contributed by atoms with Gasteiger partial charge in [0.1, 0.15) is 0 Å². The van der Waals surface area contributed by atoms with Crippen LogP contribution in [0.1, 0.15) is 124 Å². The number of esters is 1. The number of hydrogen-bond acceptors (Lipinski definition) is 2. The first-order chi connectivity index (χ1) is 11.6. The summed E-state index contributed by atoms with van der Waals surface area (Å²) in [4.78, 5) is 12.6. The van der Waals surface area contributed by atoms with E-state index in [1.807, 2.05) is 0 Å². The second-order valence-corrected chi connectivity index (χ2v) is 7.73. The van der Waals surface area contributed by atoms with Crippen LogP contribution in [-0.2, 0) is 9.53 Å². The van der Waals surface area contributed by atoms with E-state index in [1.165, 1.54) is 57.8 Å². The predicted molar refractivity (Wildman–Crippen MR) is 105 cm³/mol. The zero-order valence-electron chi connectivity index (χ0n) is 17.1. The van der Waals surface area contributed by atoms with Crippen molar-refractivity contribution in [3.63, 3.8) is 0 Å². The van der Waals surface area contributed by atoms with E-state index in [4.69, 9.17) is 4.74 Å². The number of ether oxygens (including phenoxy) is 1. The van der Waals surface area contributed by atoms with Crippen LogP contribution in [0.2, 0.25) is 0 Å². The second kappa shape index (κ2) is 16.0. The molecule has 1 unspecified atom stereocenters. The molecule has 24 heavy (non-hydrogen) atoms. The molecule has 0 heterocycles. The minimum Gasteiger partial charge on any atom is -0.465 e. The summed E-state index contributed by atoms with van der Waals surface area (Å²) in [6.45, 7) is 9.41. The Labute approximate surface area is 152 Å². The van der Waals surface area contributed by atoms with Crippen molar-refractivity contribution in [1.82, 2.24) is 0 Å². The third-order valence-corrected chi connectivity index (χ3v) is 5.14. The molecule has 2 heteroatoms. The SMILES string of the molecule is CCCCCCCCCOC(=O)C(C)(CCCC)CCCCCC. The average molecular weight is 341 g/mol. The highest BCUT2D eigenvalue weighted by atomic mass is 16.5. The largest absolute Gasteiger partial charge is 0.465 e. The summed E-state index contributed by atoms with van der Waals surface area (Å²) in [7, 11) is 0. The highest BCUT2D eigenvalue weighted by Gasteiger charge is 2.33. The van der Waals surface area contributed by atoms with Crippen LogP contribution in [0.5, 0.6) is 0 Å². The first-order valence-corrected chi connectivity index (χ1v) is 10.8. The summed E-state index contributed by atoms with van der Waals surface area (Å²) >= 11 is 0. The summed E-state index contributed by atoms with van der Waals surface area (Å²) in [5, 5.41) is 0. The van der Waals surface area contributed by atoms with Gasteiger partial charge in [0.25, 0.3) is 0 Å². The monoisotopic (exact) mass is 340 g/mol. The van der Waals surface area contributed by atoms with Gasteiger partial charge in [0.15, 0.2) is 0 Å². The van der Waals surface area contributed by atoms with E-state index in [2.05, 4.69) is 27.7 Å². The normalized spacial score (nSPS) is 13.7. The molecular formula is C22H44O2. The molecule has 0 aliphatic rings. The lowest BCUT2D eigenvalue weighted by molar-refractivity contribution is -0.156. The standard InChI is InChI=1S/C22H44O2/c1-5-8-11-13-14-15-17-20-24-21(23)22(4,18-10-7-3)19-16-12-9-6-2/h5-20H2,1-4H3. The van der Waals surface area contributed by atoms with Crippen LogP contribution in [0.15, 0.2) is 0 Å². The van der Waals surface area contributed by atoms with Crippen LogP contribution >= 0.6 is 0 Å². The third-order valence-electron chi connectivity index (χ3n) is 5.14. The Morgan fingerprint density at radius 2 is 1.12 bits per heavy atom. The molecule has 0 fully saturated rings. The molecule has 0 aromatic rings. The molecule has 2 nitrogen and oxygen atoms in total. The fourth-order valence-corrected chi connectivity index (χ4v) is 3.24. The Kier molecular flexibility index (Phi) is 15.6. The second-order valence-electron chi connectivity index (χ2n) is 7.73. The van der Waals surface area contributed by atoms with Gasteiger partial charge in [0, 0.05) is 0 Å². The predicted octanol–water partition coefficient (Wildman–Crippen LogP) is 7.45. The Balaban J connectivity index is 4.01. The quantitative estimate of drug-likeness (QED) is 0.203. The molecule has 144 valence electrons. The Morgan fingerprint density at radius 3 is 1.71 bits per heavy atom. The van der Waals surface area contributed by atoms with Crippen LogP contribution in [0.3, 0.4) is 0 Å². The van der Waals surface area contributed by atoms with Crippen LogP contribution in [0.25, 0.3) is 0 Å². The molecule has 0 saturated carbocycles. The number of carbonyl (C=O) groups is 1. The van der Waals surface area contributed by atoms with E-state index in [0.29, 0.717) is 6.61 Å². The molecule has 0 amide bonds. The summed E-state index contributed by atoms with van der Waals surface area (Å²) in [5.41, 5.74) is -0.259. The van der Waals surface area contributed by atoms with Crippen molar-refractivity contribution in [1.29, 1.82) is 0 Å². The highest BCUT2D eigenvalue weighted by Crippen LogP contribution is 2.32. The van der Waals surface area contributed by atoms with Crippen LogP contribution in [0.4, 0.5) is 0 Å². The van der Waals surface area contributed by atoms with Crippen LogP contribution < -0.4 is 0 Å². The molecule has 0 saturated heterocycles. The lowest BCUT2D eigenvalue weighted by atomic mass is 9.80. The number of hydrogen-bond donors (Lipinski definition) is 0.